The summed E-state index contributed by atoms with van der Waals surface area (Å²) >= 11 is 0. The largest absolute Gasteiger partial charge is 0.508 e. The number of phenolic OH excluding ortho intramolecular Hbond substituents is 1. The number of hydrogen-bond donors (Lipinski definition) is 6. The lowest BCUT2D eigenvalue weighted by Gasteiger charge is -2.32. The number of carbonyl (C=O) groups is 5. The second-order valence-corrected chi connectivity index (χ2v) is 9.67. The van der Waals surface area contributed by atoms with Crippen molar-refractivity contribution in [2.24, 2.45) is 11.7 Å². The van der Waals surface area contributed by atoms with Crippen LogP contribution in [0.1, 0.15) is 46.1 Å². The Morgan fingerprint density at radius 2 is 1.65 bits per heavy atom. The van der Waals surface area contributed by atoms with Crippen molar-refractivity contribution in [1.29, 1.82) is 0 Å². The third-order valence-electron chi connectivity index (χ3n) is 6.23. The van der Waals surface area contributed by atoms with E-state index in [1.807, 2.05) is 0 Å². The summed E-state index contributed by atoms with van der Waals surface area (Å²) in [6, 6.07) is 1.86. The van der Waals surface area contributed by atoms with Gasteiger partial charge in [-0.15, -0.1) is 0 Å². The van der Waals surface area contributed by atoms with Crippen LogP contribution in [-0.2, 0) is 30.4 Å². The Morgan fingerprint density at radius 3 is 2.16 bits per heavy atom. The van der Waals surface area contributed by atoms with Gasteiger partial charge in [0.1, 0.15) is 29.9 Å². The maximum absolute atomic E-state index is 13.4. The highest BCUT2D eigenvalue weighted by Gasteiger charge is 2.40. The number of phenols is 1. The summed E-state index contributed by atoms with van der Waals surface area (Å²) in [6.45, 7) is 6.29. The highest BCUT2D eigenvalue weighted by molar-refractivity contribution is 5.96. The van der Waals surface area contributed by atoms with Gasteiger partial charge < -0.3 is 36.8 Å². The van der Waals surface area contributed by atoms with Crippen LogP contribution in [-0.4, -0.2) is 81.5 Å². The molecule has 0 aliphatic carbocycles. The zero-order valence-electron chi connectivity index (χ0n) is 21.6. The maximum Gasteiger partial charge on any atom is 0.248 e. The molecule has 1 saturated heterocycles. The van der Waals surface area contributed by atoms with Gasteiger partial charge in [0.05, 0.1) is 6.10 Å². The van der Waals surface area contributed by atoms with E-state index < -0.39 is 59.8 Å². The van der Waals surface area contributed by atoms with Gasteiger partial charge in [-0.3, -0.25) is 24.0 Å². The highest BCUT2D eigenvalue weighted by Crippen LogP contribution is 2.20. The van der Waals surface area contributed by atoms with Crippen LogP contribution in [0, 0.1) is 5.92 Å². The van der Waals surface area contributed by atoms with Crippen molar-refractivity contribution >= 4 is 29.5 Å². The number of rotatable bonds is 11. The Bertz CT molecular complexity index is 996. The predicted octanol–water partition coefficient (Wildman–Crippen LogP) is -1.08. The van der Waals surface area contributed by atoms with Gasteiger partial charge in [-0.1, -0.05) is 26.0 Å². The van der Waals surface area contributed by atoms with Crippen LogP contribution in [0.25, 0.3) is 0 Å². The van der Waals surface area contributed by atoms with E-state index in [-0.39, 0.29) is 24.6 Å². The molecule has 5 atom stereocenters. The number of carbonyl (C=O) groups excluding carboxylic acids is 5. The summed E-state index contributed by atoms with van der Waals surface area (Å²) in [7, 11) is 0. The number of nitrogens with one attached hydrogen (secondary N) is 3. The Balaban J connectivity index is 2.15. The number of amides is 5. The van der Waals surface area contributed by atoms with E-state index in [1.165, 1.54) is 30.9 Å². The second-order valence-electron chi connectivity index (χ2n) is 9.67. The molecule has 1 fully saturated rings. The van der Waals surface area contributed by atoms with Gasteiger partial charge >= 0.3 is 0 Å². The first kappa shape index (κ1) is 29.6. The van der Waals surface area contributed by atoms with Crippen molar-refractivity contribution in [1.82, 2.24) is 20.9 Å². The normalized spacial score (nSPS) is 18.4. The minimum absolute atomic E-state index is 0.0556. The highest BCUT2D eigenvalue weighted by atomic mass is 16.3. The monoisotopic (exact) mass is 519 g/mol. The lowest BCUT2D eigenvalue weighted by molar-refractivity contribution is -0.144. The van der Waals surface area contributed by atoms with Crippen LogP contribution < -0.4 is 21.7 Å². The van der Waals surface area contributed by atoms with Crippen LogP contribution in [0.2, 0.25) is 0 Å². The van der Waals surface area contributed by atoms with Crippen molar-refractivity contribution in [3.05, 3.63) is 29.8 Å². The summed E-state index contributed by atoms with van der Waals surface area (Å²) in [5, 5.41) is 27.4. The molecule has 0 aromatic heterocycles. The minimum atomic E-state index is -1.35. The number of benzene rings is 1. The zero-order chi connectivity index (χ0) is 27.9. The number of aliphatic hydroxyl groups is 1. The van der Waals surface area contributed by atoms with Crippen molar-refractivity contribution in [3.63, 3.8) is 0 Å². The van der Waals surface area contributed by atoms with E-state index in [1.54, 1.807) is 26.0 Å². The average Bonchev–Trinajstić information content (AvgIpc) is 3.31. The van der Waals surface area contributed by atoms with Crippen molar-refractivity contribution in [2.45, 2.75) is 77.2 Å². The predicted molar refractivity (Wildman–Crippen MR) is 134 cm³/mol. The van der Waals surface area contributed by atoms with Crippen molar-refractivity contribution in [3.8, 4) is 5.75 Å². The third-order valence-corrected chi connectivity index (χ3v) is 6.23. The Labute approximate surface area is 216 Å². The van der Waals surface area contributed by atoms with Crippen LogP contribution in [0.5, 0.6) is 5.75 Å². The molecule has 1 aromatic carbocycles. The molecule has 0 unspecified atom stereocenters. The van der Waals surface area contributed by atoms with Crippen LogP contribution in [0.3, 0.4) is 0 Å². The van der Waals surface area contributed by atoms with Crippen LogP contribution in [0.15, 0.2) is 24.3 Å². The molecule has 37 heavy (non-hydrogen) atoms. The molecule has 0 spiro atoms. The third kappa shape index (κ3) is 8.17. The van der Waals surface area contributed by atoms with E-state index >= 15 is 0 Å². The maximum atomic E-state index is 13.4. The number of primary amides is 1. The SMILES string of the molecule is CC(=O)N[C@H](C(=O)N[C@H](C(=O)N1CCC[C@H]1C(=O)N[C@@H](Cc1ccc(O)cc1)C(N)=O)[C@@H](C)O)C(C)C. The number of nitrogens with two attached hydrogens (primary N) is 1. The fraction of sp³-hybridized carbons (Fsp3) is 0.560. The van der Waals surface area contributed by atoms with Crippen LogP contribution in [0.4, 0.5) is 0 Å². The molecule has 1 heterocycles. The van der Waals surface area contributed by atoms with E-state index in [4.69, 9.17) is 5.73 Å². The van der Waals surface area contributed by atoms with Gasteiger partial charge in [0.25, 0.3) is 0 Å². The first-order valence-electron chi connectivity index (χ1n) is 12.2. The smallest absolute Gasteiger partial charge is 0.248 e. The number of aromatic hydroxyl groups is 1. The lowest BCUT2D eigenvalue weighted by Crippen LogP contribution is -2.61. The molecular formula is C25H37N5O7. The second kappa shape index (κ2) is 13.0. The fourth-order valence-electron chi connectivity index (χ4n) is 4.23. The first-order chi connectivity index (χ1) is 17.3. The molecule has 204 valence electrons. The summed E-state index contributed by atoms with van der Waals surface area (Å²) in [5.41, 5.74) is 6.16. The average molecular weight is 520 g/mol. The van der Waals surface area contributed by atoms with Gasteiger partial charge in [0.2, 0.25) is 29.5 Å². The summed E-state index contributed by atoms with van der Waals surface area (Å²) in [5.74, 6) is -3.26. The van der Waals surface area contributed by atoms with E-state index in [2.05, 4.69) is 16.0 Å². The molecular weight excluding hydrogens is 482 g/mol. The van der Waals surface area contributed by atoms with Gasteiger partial charge in [-0.05, 0) is 43.4 Å². The van der Waals surface area contributed by atoms with Crippen LogP contribution >= 0.6 is 0 Å². The topological polar surface area (TPSA) is 191 Å². The van der Waals surface area contributed by atoms with Crippen molar-refractivity contribution in [2.75, 3.05) is 6.54 Å². The summed E-state index contributed by atoms with van der Waals surface area (Å²) in [6.07, 6.45) is -0.361. The summed E-state index contributed by atoms with van der Waals surface area (Å²) < 4.78 is 0. The molecule has 1 aromatic rings. The molecule has 0 radical (unpaired) electrons. The molecule has 0 bridgehead atoms. The standard InChI is InChI=1S/C25H37N5O7/c1-13(2)20(27-15(4)32)24(36)29-21(14(3)31)25(37)30-11-5-6-19(30)23(35)28-18(22(26)34)12-16-7-9-17(33)10-8-16/h7-10,13-14,18-21,31,33H,5-6,11-12H2,1-4H3,(H2,26,34)(H,27,32)(H,28,35)(H,29,36)/t14-,18+,19+,20+,21+/m1/s1. The van der Waals surface area contributed by atoms with E-state index in [0.717, 1.165) is 0 Å². The molecule has 2 rings (SSSR count). The quantitative estimate of drug-likeness (QED) is 0.214. The molecule has 1 aliphatic heterocycles. The van der Waals surface area contributed by atoms with E-state index in [9.17, 15) is 34.2 Å². The summed E-state index contributed by atoms with van der Waals surface area (Å²) in [4.78, 5) is 64.1. The number of aliphatic hydroxyl groups excluding tert-OH is 1. The van der Waals surface area contributed by atoms with Gasteiger partial charge in [-0.25, -0.2) is 0 Å². The Kier molecular flexibility index (Phi) is 10.4. The van der Waals surface area contributed by atoms with E-state index in [0.29, 0.717) is 18.4 Å². The van der Waals surface area contributed by atoms with Crippen molar-refractivity contribution < 1.29 is 34.2 Å². The Hall–Kier alpha value is -3.67. The minimum Gasteiger partial charge on any atom is -0.508 e. The Morgan fingerprint density at radius 1 is 1.03 bits per heavy atom. The number of likely N-dealkylation sites (tertiary alicyclic amines) is 1. The zero-order valence-corrected chi connectivity index (χ0v) is 21.6. The molecule has 1 aliphatic rings. The van der Waals surface area contributed by atoms with Gasteiger partial charge in [0, 0.05) is 19.9 Å². The molecule has 7 N–H and O–H groups in total. The molecule has 12 nitrogen and oxygen atoms in total. The van der Waals surface area contributed by atoms with Gasteiger partial charge in [-0.2, -0.15) is 0 Å². The lowest BCUT2D eigenvalue weighted by atomic mass is 10.0. The molecule has 12 heteroatoms. The molecule has 5 amide bonds. The molecule has 0 saturated carbocycles. The number of nitrogens with zero attached hydrogens (tertiary/aromatic N) is 1. The first-order valence-corrected chi connectivity index (χ1v) is 12.2. The fourth-order valence-corrected chi connectivity index (χ4v) is 4.23. The number of hydrogen-bond acceptors (Lipinski definition) is 7. The van der Waals surface area contributed by atoms with Gasteiger partial charge in [0.15, 0.2) is 0 Å².